The molecule has 0 bridgehead atoms. The van der Waals surface area contributed by atoms with E-state index in [1.165, 1.54) is 10.9 Å². The molecule has 0 radical (unpaired) electrons. The van der Waals surface area contributed by atoms with E-state index in [9.17, 15) is 13.2 Å². The van der Waals surface area contributed by atoms with Gasteiger partial charge in [-0.15, -0.1) is 0 Å². The number of hydrogen-bond acceptors (Lipinski definition) is 5. The molecule has 0 atom stereocenters. The third-order valence-electron chi connectivity index (χ3n) is 2.35. The lowest BCUT2D eigenvalue weighted by Gasteiger charge is -2.12. The molecule has 1 aromatic rings. The monoisotopic (exact) mass is 308 g/mol. The molecule has 9 heteroatoms. The standard InChI is InChI=1S/C10H17ClN4O3S/c1-7(2)15-10(16)9(11)8(6-14-15)13-4-3-5-19(12,17)18/h6-7,13H,3-5H2,1-2H3,(H2,12,17,18). The average molecular weight is 309 g/mol. The van der Waals surface area contributed by atoms with Crippen molar-refractivity contribution in [3.63, 3.8) is 0 Å². The molecule has 0 saturated heterocycles. The number of halogens is 1. The van der Waals surface area contributed by atoms with Crippen molar-refractivity contribution in [3.8, 4) is 0 Å². The highest BCUT2D eigenvalue weighted by Gasteiger charge is 2.11. The zero-order chi connectivity index (χ0) is 14.6. The molecule has 108 valence electrons. The van der Waals surface area contributed by atoms with Crippen molar-refractivity contribution in [1.82, 2.24) is 9.78 Å². The average Bonchev–Trinajstić information content (AvgIpc) is 2.28. The van der Waals surface area contributed by atoms with Crippen LogP contribution in [0.1, 0.15) is 26.3 Å². The summed E-state index contributed by atoms with van der Waals surface area (Å²) in [5.41, 5.74) is 0.00565. The van der Waals surface area contributed by atoms with Crippen molar-refractivity contribution in [1.29, 1.82) is 0 Å². The van der Waals surface area contributed by atoms with Gasteiger partial charge < -0.3 is 5.32 Å². The van der Waals surface area contributed by atoms with Crippen LogP contribution in [0.4, 0.5) is 5.69 Å². The molecule has 0 spiro atoms. The Morgan fingerprint density at radius 1 is 1.53 bits per heavy atom. The second-order valence-corrected chi connectivity index (χ2v) is 6.47. The van der Waals surface area contributed by atoms with E-state index in [0.29, 0.717) is 18.7 Å². The highest BCUT2D eigenvalue weighted by atomic mass is 35.5. The van der Waals surface area contributed by atoms with Crippen molar-refractivity contribution in [3.05, 3.63) is 21.6 Å². The predicted molar refractivity (Wildman–Crippen MR) is 75.0 cm³/mol. The van der Waals surface area contributed by atoms with Gasteiger partial charge in [0.15, 0.2) is 0 Å². The summed E-state index contributed by atoms with van der Waals surface area (Å²) in [4.78, 5) is 11.8. The zero-order valence-corrected chi connectivity index (χ0v) is 12.3. The van der Waals surface area contributed by atoms with Crippen LogP contribution in [0.3, 0.4) is 0 Å². The number of hydrogen-bond donors (Lipinski definition) is 2. The molecule has 3 N–H and O–H groups in total. The van der Waals surface area contributed by atoms with Crippen LogP contribution in [0.15, 0.2) is 11.0 Å². The first-order valence-electron chi connectivity index (χ1n) is 5.74. The van der Waals surface area contributed by atoms with Gasteiger partial charge in [0.05, 0.1) is 23.7 Å². The molecule has 0 aliphatic heterocycles. The Morgan fingerprint density at radius 3 is 2.68 bits per heavy atom. The molecule has 0 aliphatic rings. The Balaban J connectivity index is 2.71. The molecule has 0 amide bonds. The highest BCUT2D eigenvalue weighted by molar-refractivity contribution is 7.89. The Kier molecular flexibility index (Phi) is 5.33. The maximum Gasteiger partial charge on any atom is 0.287 e. The summed E-state index contributed by atoms with van der Waals surface area (Å²) in [6.45, 7) is 3.98. The van der Waals surface area contributed by atoms with E-state index < -0.39 is 10.0 Å². The SMILES string of the molecule is CC(C)n1ncc(NCCCS(N)(=O)=O)c(Cl)c1=O. The van der Waals surface area contributed by atoms with Gasteiger partial charge >= 0.3 is 0 Å². The second kappa shape index (κ2) is 6.36. The fourth-order valence-electron chi connectivity index (χ4n) is 1.43. The molecule has 1 heterocycles. The van der Waals surface area contributed by atoms with E-state index in [1.54, 1.807) is 0 Å². The van der Waals surface area contributed by atoms with Crippen molar-refractivity contribution >= 4 is 27.3 Å². The van der Waals surface area contributed by atoms with Crippen LogP contribution in [0.2, 0.25) is 5.02 Å². The van der Waals surface area contributed by atoms with Gasteiger partial charge in [0, 0.05) is 6.54 Å². The summed E-state index contributed by atoms with van der Waals surface area (Å²) in [7, 11) is -3.47. The number of primary sulfonamides is 1. The smallest absolute Gasteiger partial charge is 0.287 e. The topological polar surface area (TPSA) is 107 Å². The molecule has 0 unspecified atom stereocenters. The molecule has 0 saturated carbocycles. The quantitative estimate of drug-likeness (QED) is 0.747. The first kappa shape index (κ1) is 15.9. The largest absolute Gasteiger partial charge is 0.382 e. The summed E-state index contributed by atoms with van der Waals surface area (Å²) >= 11 is 5.93. The van der Waals surface area contributed by atoms with Crippen molar-refractivity contribution in [2.24, 2.45) is 5.14 Å². The van der Waals surface area contributed by atoms with E-state index in [0.717, 1.165) is 0 Å². The van der Waals surface area contributed by atoms with Gasteiger partial charge in [-0.25, -0.2) is 18.2 Å². The minimum absolute atomic E-state index is 0.0410. The van der Waals surface area contributed by atoms with Gasteiger partial charge in [-0.3, -0.25) is 4.79 Å². The summed E-state index contributed by atoms with van der Waals surface area (Å²) in [5.74, 6) is -0.131. The molecule has 7 nitrogen and oxygen atoms in total. The Bertz CT molecular complexity index is 597. The van der Waals surface area contributed by atoms with E-state index in [4.69, 9.17) is 16.7 Å². The van der Waals surface area contributed by atoms with Crippen LogP contribution < -0.4 is 16.0 Å². The Hall–Kier alpha value is -1.12. The van der Waals surface area contributed by atoms with Crippen LogP contribution >= 0.6 is 11.6 Å². The zero-order valence-electron chi connectivity index (χ0n) is 10.8. The predicted octanol–water partition coefficient (Wildman–Crippen LogP) is 0.568. The van der Waals surface area contributed by atoms with Gasteiger partial charge in [-0.2, -0.15) is 5.10 Å². The van der Waals surface area contributed by atoms with Gasteiger partial charge in [-0.1, -0.05) is 11.6 Å². The molecular formula is C10H17ClN4O3S. The maximum atomic E-state index is 11.8. The van der Waals surface area contributed by atoms with E-state index in [-0.39, 0.29) is 22.4 Å². The molecule has 0 fully saturated rings. The Morgan fingerprint density at radius 2 is 2.16 bits per heavy atom. The Labute approximate surface area is 116 Å². The molecule has 19 heavy (non-hydrogen) atoms. The summed E-state index contributed by atoms with van der Waals surface area (Å²) < 4.78 is 22.8. The normalized spacial score (nSPS) is 11.8. The van der Waals surface area contributed by atoms with Crippen LogP contribution in [0.5, 0.6) is 0 Å². The fraction of sp³-hybridized carbons (Fsp3) is 0.600. The minimum Gasteiger partial charge on any atom is -0.382 e. The molecule has 1 aromatic heterocycles. The maximum absolute atomic E-state index is 11.8. The number of nitrogens with two attached hydrogens (primary N) is 1. The van der Waals surface area contributed by atoms with Crippen LogP contribution in [0, 0.1) is 0 Å². The van der Waals surface area contributed by atoms with Crippen molar-refractivity contribution in [2.75, 3.05) is 17.6 Å². The van der Waals surface area contributed by atoms with Gasteiger partial charge in [0.2, 0.25) is 10.0 Å². The highest BCUT2D eigenvalue weighted by Crippen LogP contribution is 2.16. The summed E-state index contributed by atoms with van der Waals surface area (Å²) in [5, 5.41) is 11.8. The van der Waals surface area contributed by atoms with Crippen LogP contribution in [0.25, 0.3) is 0 Å². The fourth-order valence-corrected chi connectivity index (χ4v) is 2.18. The third-order valence-corrected chi connectivity index (χ3v) is 3.58. The van der Waals surface area contributed by atoms with E-state index in [2.05, 4.69) is 10.4 Å². The first-order valence-corrected chi connectivity index (χ1v) is 7.83. The number of nitrogens with one attached hydrogen (secondary N) is 1. The molecule has 0 aromatic carbocycles. The first-order chi connectivity index (χ1) is 8.72. The number of anilines is 1. The minimum atomic E-state index is -3.47. The molecular weight excluding hydrogens is 292 g/mol. The van der Waals surface area contributed by atoms with E-state index in [1.807, 2.05) is 13.8 Å². The van der Waals surface area contributed by atoms with Crippen molar-refractivity contribution in [2.45, 2.75) is 26.3 Å². The van der Waals surface area contributed by atoms with Crippen LogP contribution in [-0.2, 0) is 10.0 Å². The number of nitrogens with zero attached hydrogens (tertiary/aromatic N) is 2. The van der Waals surface area contributed by atoms with Gasteiger partial charge in [0.1, 0.15) is 5.02 Å². The van der Waals surface area contributed by atoms with Gasteiger partial charge in [-0.05, 0) is 20.3 Å². The van der Waals surface area contributed by atoms with Crippen molar-refractivity contribution < 1.29 is 8.42 Å². The lowest BCUT2D eigenvalue weighted by atomic mass is 10.3. The van der Waals surface area contributed by atoms with Crippen LogP contribution in [-0.4, -0.2) is 30.5 Å². The number of aromatic nitrogens is 2. The number of sulfonamides is 1. The summed E-state index contributed by atoms with van der Waals surface area (Å²) in [6, 6.07) is -0.0820. The lowest BCUT2D eigenvalue weighted by molar-refractivity contribution is 0.503. The van der Waals surface area contributed by atoms with Gasteiger partial charge in [0.25, 0.3) is 5.56 Å². The molecule has 1 rings (SSSR count). The molecule has 0 aliphatic carbocycles. The van der Waals surface area contributed by atoms with E-state index >= 15 is 0 Å². The number of rotatable bonds is 6. The summed E-state index contributed by atoms with van der Waals surface area (Å²) in [6.07, 6.45) is 1.77. The second-order valence-electron chi connectivity index (χ2n) is 4.36. The lowest BCUT2D eigenvalue weighted by Crippen LogP contribution is -2.26. The third kappa shape index (κ3) is 4.81.